The zero-order valence-electron chi connectivity index (χ0n) is 16.6. The number of sulfonamides is 1. The normalized spacial score (nSPS) is 11.5. The lowest BCUT2D eigenvalue weighted by Crippen LogP contribution is -2.23. The van der Waals surface area contributed by atoms with Crippen molar-refractivity contribution in [3.63, 3.8) is 0 Å². The Labute approximate surface area is 183 Å². The molecule has 1 aromatic heterocycles. The van der Waals surface area contributed by atoms with E-state index in [4.69, 9.17) is 4.74 Å². The molecule has 3 rings (SSSR count). The van der Waals surface area contributed by atoms with E-state index in [-0.39, 0.29) is 16.3 Å². The van der Waals surface area contributed by atoms with Gasteiger partial charge in [-0.15, -0.1) is 0 Å². The van der Waals surface area contributed by atoms with Gasteiger partial charge in [0.1, 0.15) is 16.3 Å². The molecule has 10 heteroatoms. The maximum absolute atomic E-state index is 12.6. The number of nitrogens with one attached hydrogen (secondary N) is 2. The maximum atomic E-state index is 12.6. The number of H-pyrrole nitrogens is 1. The lowest BCUT2D eigenvalue weighted by molar-refractivity contribution is 0.102. The molecule has 0 aliphatic heterocycles. The number of carbonyl (C=O) groups excluding carboxylic acids is 1. The number of benzene rings is 2. The highest BCUT2D eigenvalue weighted by Gasteiger charge is 2.23. The molecule has 158 valence electrons. The van der Waals surface area contributed by atoms with Gasteiger partial charge in [-0.1, -0.05) is 28.1 Å². The lowest BCUT2D eigenvalue weighted by atomic mass is 10.1. The average Bonchev–Trinajstić information content (AvgIpc) is 3.20. The molecule has 0 spiro atoms. The van der Waals surface area contributed by atoms with E-state index >= 15 is 0 Å². The maximum Gasteiger partial charge on any atom is 0.273 e. The summed E-state index contributed by atoms with van der Waals surface area (Å²) in [5, 5.41) is 9.58. The molecule has 2 N–H and O–H groups in total. The Kier molecular flexibility index (Phi) is 6.59. The number of hydrogen-bond acceptors (Lipinski definition) is 5. The van der Waals surface area contributed by atoms with Crippen molar-refractivity contribution in [2.45, 2.75) is 11.8 Å². The van der Waals surface area contributed by atoms with Gasteiger partial charge in [0, 0.05) is 29.8 Å². The van der Waals surface area contributed by atoms with E-state index in [1.165, 1.54) is 26.2 Å². The van der Waals surface area contributed by atoms with Crippen LogP contribution in [-0.2, 0) is 10.0 Å². The molecule has 0 unspecified atom stereocenters. The van der Waals surface area contributed by atoms with Gasteiger partial charge in [0.2, 0.25) is 10.0 Å². The number of aromatic nitrogens is 2. The molecule has 0 saturated heterocycles. The third-order valence-corrected chi connectivity index (χ3v) is 6.59. The van der Waals surface area contributed by atoms with E-state index in [9.17, 15) is 13.2 Å². The Bertz CT molecular complexity index is 1160. The number of nitrogens with zero attached hydrogens (tertiary/aromatic N) is 2. The van der Waals surface area contributed by atoms with Crippen molar-refractivity contribution in [2.24, 2.45) is 0 Å². The van der Waals surface area contributed by atoms with Gasteiger partial charge < -0.3 is 10.1 Å². The number of aromatic amines is 1. The number of anilines is 1. The Morgan fingerprint density at radius 3 is 2.50 bits per heavy atom. The molecular formula is C20H21BrN4O4S. The predicted octanol–water partition coefficient (Wildman–Crippen LogP) is 3.74. The minimum atomic E-state index is -3.76. The van der Waals surface area contributed by atoms with Crippen molar-refractivity contribution in [1.29, 1.82) is 0 Å². The summed E-state index contributed by atoms with van der Waals surface area (Å²) in [5.41, 5.74) is 2.05. The van der Waals surface area contributed by atoms with Crippen molar-refractivity contribution in [3.05, 3.63) is 58.7 Å². The fourth-order valence-corrected chi connectivity index (χ4v) is 3.98. The monoisotopic (exact) mass is 492 g/mol. The zero-order valence-corrected chi connectivity index (χ0v) is 19.0. The summed E-state index contributed by atoms with van der Waals surface area (Å²) in [4.78, 5) is 12.6. The summed E-state index contributed by atoms with van der Waals surface area (Å²) in [5.74, 6) is -0.216. The smallest absolute Gasteiger partial charge is 0.273 e. The quantitative estimate of drug-likeness (QED) is 0.522. The molecule has 0 bridgehead atoms. The highest BCUT2D eigenvalue weighted by Crippen LogP contribution is 2.29. The molecule has 0 atom stereocenters. The highest BCUT2D eigenvalue weighted by molar-refractivity contribution is 9.10. The van der Waals surface area contributed by atoms with E-state index in [1.54, 1.807) is 19.1 Å². The van der Waals surface area contributed by atoms with Crippen LogP contribution in [0.3, 0.4) is 0 Å². The number of hydrogen-bond donors (Lipinski definition) is 2. The number of ether oxygens (including phenoxy) is 1. The molecule has 0 radical (unpaired) electrons. The van der Waals surface area contributed by atoms with Crippen LogP contribution in [0.4, 0.5) is 5.69 Å². The van der Waals surface area contributed by atoms with Crippen LogP contribution in [0, 0.1) is 0 Å². The van der Waals surface area contributed by atoms with E-state index in [0.29, 0.717) is 18.0 Å². The number of rotatable bonds is 7. The van der Waals surface area contributed by atoms with Crippen LogP contribution < -0.4 is 10.1 Å². The molecular weight excluding hydrogens is 472 g/mol. The molecule has 2 aromatic carbocycles. The third kappa shape index (κ3) is 4.72. The van der Waals surface area contributed by atoms with Gasteiger partial charge in [0.15, 0.2) is 0 Å². The lowest BCUT2D eigenvalue weighted by Gasteiger charge is -2.16. The fraction of sp³-hybridized carbons (Fsp3) is 0.200. The zero-order chi connectivity index (χ0) is 21.9. The van der Waals surface area contributed by atoms with Crippen LogP contribution in [0.25, 0.3) is 11.3 Å². The van der Waals surface area contributed by atoms with Crippen LogP contribution in [0.15, 0.2) is 57.9 Å². The molecule has 30 heavy (non-hydrogen) atoms. The minimum Gasteiger partial charge on any atom is -0.492 e. The van der Waals surface area contributed by atoms with Crippen LogP contribution in [0.5, 0.6) is 5.75 Å². The van der Waals surface area contributed by atoms with Gasteiger partial charge in [-0.2, -0.15) is 5.10 Å². The first-order valence-corrected chi connectivity index (χ1v) is 11.3. The second-order valence-electron chi connectivity index (χ2n) is 6.51. The number of amides is 1. The minimum absolute atomic E-state index is 0.0210. The Morgan fingerprint density at radius 2 is 1.87 bits per heavy atom. The Hall–Kier alpha value is -2.69. The topological polar surface area (TPSA) is 104 Å². The summed E-state index contributed by atoms with van der Waals surface area (Å²) >= 11 is 3.38. The van der Waals surface area contributed by atoms with Crippen molar-refractivity contribution in [1.82, 2.24) is 14.5 Å². The first-order valence-electron chi connectivity index (χ1n) is 9.04. The summed E-state index contributed by atoms with van der Waals surface area (Å²) in [7, 11) is -0.885. The molecule has 0 aliphatic carbocycles. The predicted molar refractivity (Wildman–Crippen MR) is 118 cm³/mol. The fourth-order valence-electron chi connectivity index (χ4n) is 2.66. The van der Waals surface area contributed by atoms with Crippen molar-refractivity contribution in [2.75, 3.05) is 26.0 Å². The van der Waals surface area contributed by atoms with E-state index < -0.39 is 15.9 Å². The van der Waals surface area contributed by atoms with Crippen LogP contribution in [0.1, 0.15) is 17.4 Å². The van der Waals surface area contributed by atoms with Gasteiger partial charge in [0.05, 0.1) is 12.3 Å². The summed E-state index contributed by atoms with van der Waals surface area (Å²) in [6.45, 7) is 2.08. The molecule has 0 fully saturated rings. The number of halogens is 1. The number of carbonyl (C=O) groups is 1. The summed E-state index contributed by atoms with van der Waals surface area (Å²) < 4.78 is 32.7. The largest absolute Gasteiger partial charge is 0.492 e. The van der Waals surface area contributed by atoms with Gasteiger partial charge >= 0.3 is 0 Å². The van der Waals surface area contributed by atoms with Gasteiger partial charge in [-0.25, -0.2) is 12.7 Å². The standard InChI is InChI=1S/C20H21BrN4O4S/c1-4-29-18-10-9-15(11-19(18)30(27,28)25(2)3)22-20(26)17-12-16(23-24-17)13-5-7-14(21)8-6-13/h5-12H,4H2,1-3H3,(H,22,26)(H,23,24). The Balaban J connectivity index is 1.86. The van der Waals surface area contributed by atoms with Crippen molar-refractivity contribution in [3.8, 4) is 17.0 Å². The van der Waals surface area contributed by atoms with Crippen LogP contribution in [-0.4, -0.2) is 49.5 Å². The summed E-state index contributed by atoms with van der Waals surface area (Å²) in [6, 6.07) is 13.7. The second-order valence-corrected chi connectivity index (χ2v) is 9.55. The highest BCUT2D eigenvalue weighted by atomic mass is 79.9. The molecule has 3 aromatic rings. The van der Waals surface area contributed by atoms with Gasteiger partial charge in [-0.05, 0) is 43.3 Å². The van der Waals surface area contributed by atoms with E-state index in [1.807, 2.05) is 24.3 Å². The first kappa shape index (κ1) is 22.0. The van der Waals surface area contributed by atoms with Crippen molar-refractivity contribution < 1.29 is 17.9 Å². The second kappa shape index (κ2) is 8.99. The SMILES string of the molecule is CCOc1ccc(NC(=O)c2cc(-c3ccc(Br)cc3)n[nH]2)cc1S(=O)(=O)N(C)C. The molecule has 0 saturated carbocycles. The average molecular weight is 493 g/mol. The van der Waals surface area contributed by atoms with Crippen molar-refractivity contribution >= 4 is 37.5 Å². The molecule has 0 aliphatic rings. The third-order valence-electron chi connectivity index (χ3n) is 4.22. The van der Waals surface area contributed by atoms with E-state index in [2.05, 4.69) is 31.4 Å². The molecule has 1 heterocycles. The summed E-state index contributed by atoms with van der Waals surface area (Å²) in [6.07, 6.45) is 0. The Morgan fingerprint density at radius 1 is 1.17 bits per heavy atom. The molecule has 8 nitrogen and oxygen atoms in total. The van der Waals surface area contributed by atoms with Gasteiger partial charge in [0.25, 0.3) is 5.91 Å². The van der Waals surface area contributed by atoms with E-state index in [0.717, 1.165) is 14.3 Å². The molecule has 1 amide bonds. The van der Waals surface area contributed by atoms with Gasteiger partial charge in [-0.3, -0.25) is 9.89 Å². The first-order chi connectivity index (χ1) is 14.2. The van der Waals surface area contributed by atoms with Crippen LogP contribution >= 0.6 is 15.9 Å². The van der Waals surface area contributed by atoms with Crippen LogP contribution in [0.2, 0.25) is 0 Å².